The quantitative estimate of drug-likeness (QED) is 0.873. The molecule has 0 saturated carbocycles. The minimum absolute atomic E-state index is 0.298. The van der Waals surface area contributed by atoms with Gasteiger partial charge in [-0.25, -0.2) is 4.79 Å². The van der Waals surface area contributed by atoms with Crippen LogP contribution in [0, 0.1) is 6.92 Å². The number of nitrogens with one attached hydrogen (secondary N) is 1. The van der Waals surface area contributed by atoms with Crippen molar-refractivity contribution in [1.82, 2.24) is 0 Å². The summed E-state index contributed by atoms with van der Waals surface area (Å²) in [6.07, 6.45) is -0.393. The first kappa shape index (κ1) is 16.2. The Hall–Kier alpha value is -2.62. The molecular weight excluding hydrogens is 302 g/mol. The number of aryl methyl sites for hydroxylation is 1. The smallest absolute Gasteiger partial charge is 0.339 e. The number of cyclic esters (lactones) is 1. The Morgan fingerprint density at radius 3 is 2.54 bits per heavy atom. The molecule has 0 radical (unpaired) electrons. The van der Waals surface area contributed by atoms with Gasteiger partial charge < -0.3 is 10.1 Å². The summed E-state index contributed by atoms with van der Waals surface area (Å²) >= 11 is 0. The van der Waals surface area contributed by atoms with Gasteiger partial charge in [-0.2, -0.15) is 0 Å². The minimum atomic E-state index is -0.795. The monoisotopic (exact) mass is 323 g/mol. The maximum Gasteiger partial charge on any atom is 0.339 e. The highest BCUT2D eigenvalue weighted by Gasteiger charge is 2.31. The van der Waals surface area contributed by atoms with Gasteiger partial charge in [0.2, 0.25) is 0 Å². The van der Waals surface area contributed by atoms with E-state index in [-0.39, 0.29) is 5.91 Å². The summed E-state index contributed by atoms with van der Waals surface area (Å²) in [6.45, 7) is 6.20. The third kappa shape index (κ3) is 3.32. The number of fused-ring (bicyclic) bond motifs is 1. The zero-order valence-corrected chi connectivity index (χ0v) is 14.1. The summed E-state index contributed by atoms with van der Waals surface area (Å²) in [6, 6.07) is 13.3. The van der Waals surface area contributed by atoms with E-state index in [0.717, 1.165) is 11.1 Å². The van der Waals surface area contributed by atoms with Crippen molar-refractivity contribution in [2.75, 3.05) is 5.32 Å². The molecule has 4 nitrogen and oxygen atoms in total. The topological polar surface area (TPSA) is 55.4 Å². The first-order chi connectivity index (χ1) is 11.4. The summed E-state index contributed by atoms with van der Waals surface area (Å²) < 4.78 is 5.30. The van der Waals surface area contributed by atoms with Gasteiger partial charge in [-0.15, -0.1) is 0 Å². The number of benzene rings is 2. The van der Waals surface area contributed by atoms with Crippen molar-refractivity contribution in [1.29, 1.82) is 0 Å². The van der Waals surface area contributed by atoms with Crippen LogP contribution >= 0.6 is 0 Å². The van der Waals surface area contributed by atoms with Crippen molar-refractivity contribution in [2.45, 2.75) is 39.2 Å². The van der Waals surface area contributed by atoms with Crippen molar-refractivity contribution in [2.24, 2.45) is 0 Å². The number of hydrogen-bond donors (Lipinski definition) is 1. The van der Waals surface area contributed by atoms with E-state index in [1.807, 2.05) is 43.3 Å². The van der Waals surface area contributed by atoms with E-state index >= 15 is 0 Å². The van der Waals surface area contributed by atoms with Gasteiger partial charge in [-0.1, -0.05) is 43.7 Å². The molecule has 4 heteroatoms. The third-order valence-corrected chi connectivity index (χ3v) is 4.27. The number of carbonyl (C=O) groups excluding carboxylic acids is 2. The van der Waals surface area contributed by atoms with Crippen LogP contribution in [0.15, 0.2) is 42.5 Å². The van der Waals surface area contributed by atoms with Crippen molar-refractivity contribution in [3.05, 3.63) is 64.7 Å². The van der Waals surface area contributed by atoms with Gasteiger partial charge in [-0.05, 0) is 42.2 Å². The molecule has 1 aliphatic rings. The van der Waals surface area contributed by atoms with Crippen LogP contribution in [0.25, 0.3) is 0 Å². The second-order valence-electron chi connectivity index (χ2n) is 6.52. The standard InChI is InChI=1S/C20H21NO3/c1-12(2)14-5-7-16(8-6-14)21-19(22)18-11-15-10-13(3)4-9-17(15)20(23)24-18/h4-10,12,18H,11H2,1-3H3,(H,21,22). The molecule has 0 spiro atoms. The van der Waals surface area contributed by atoms with E-state index in [0.29, 0.717) is 23.6 Å². The number of esters is 1. The fourth-order valence-electron chi connectivity index (χ4n) is 2.84. The van der Waals surface area contributed by atoms with Crippen LogP contribution in [0.4, 0.5) is 5.69 Å². The van der Waals surface area contributed by atoms with Gasteiger partial charge in [0.05, 0.1) is 5.56 Å². The summed E-state index contributed by atoms with van der Waals surface area (Å²) in [4.78, 5) is 24.5. The first-order valence-electron chi connectivity index (χ1n) is 8.15. The van der Waals surface area contributed by atoms with E-state index in [1.54, 1.807) is 6.07 Å². The van der Waals surface area contributed by atoms with E-state index < -0.39 is 12.1 Å². The van der Waals surface area contributed by atoms with Crippen LogP contribution in [0.2, 0.25) is 0 Å². The van der Waals surface area contributed by atoms with E-state index in [2.05, 4.69) is 19.2 Å². The number of rotatable bonds is 3. The van der Waals surface area contributed by atoms with Crippen LogP contribution in [0.3, 0.4) is 0 Å². The number of carbonyl (C=O) groups is 2. The highest BCUT2D eigenvalue weighted by molar-refractivity contribution is 6.00. The van der Waals surface area contributed by atoms with Crippen LogP contribution in [0.1, 0.15) is 46.8 Å². The Kier molecular flexibility index (Phi) is 4.38. The van der Waals surface area contributed by atoms with Gasteiger partial charge in [0.1, 0.15) is 0 Å². The second-order valence-corrected chi connectivity index (χ2v) is 6.52. The highest BCUT2D eigenvalue weighted by atomic mass is 16.5. The lowest BCUT2D eigenvalue weighted by molar-refractivity contribution is -0.125. The predicted molar refractivity (Wildman–Crippen MR) is 93.2 cm³/mol. The second kappa shape index (κ2) is 6.48. The highest BCUT2D eigenvalue weighted by Crippen LogP contribution is 2.23. The average molecular weight is 323 g/mol. The fourth-order valence-corrected chi connectivity index (χ4v) is 2.84. The number of anilines is 1. The third-order valence-electron chi connectivity index (χ3n) is 4.27. The molecule has 0 saturated heterocycles. The SMILES string of the molecule is Cc1ccc2c(c1)CC(C(=O)Nc1ccc(C(C)C)cc1)OC2=O. The molecule has 24 heavy (non-hydrogen) atoms. The normalized spacial score (nSPS) is 16.5. The molecule has 1 atom stereocenters. The fraction of sp³-hybridized carbons (Fsp3) is 0.300. The van der Waals surface area contributed by atoms with Crippen LogP contribution < -0.4 is 5.32 Å². The number of hydrogen-bond acceptors (Lipinski definition) is 3. The summed E-state index contributed by atoms with van der Waals surface area (Å²) in [5, 5.41) is 2.83. The molecule has 124 valence electrons. The summed E-state index contributed by atoms with van der Waals surface area (Å²) in [5.74, 6) is -0.298. The van der Waals surface area contributed by atoms with Gasteiger partial charge >= 0.3 is 5.97 Å². The predicted octanol–water partition coefficient (Wildman–Crippen LogP) is 3.84. The molecule has 0 bridgehead atoms. The maximum absolute atomic E-state index is 12.4. The van der Waals surface area contributed by atoms with E-state index in [4.69, 9.17) is 4.74 Å². The molecule has 2 aromatic rings. The molecule has 0 aromatic heterocycles. The molecule has 1 amide bonds. The van der Waals surface area contributed by atoms with Crippen LogP contribution in [-0.2, 0) is 16.0 Å². The van der Waals surface area contributed by atoms with E-state index in [1.165, 1.54) is 5.56 Å². The first-order valence-corrected chi connectivity index (χ1v) is 8.15. The lowest BCUT2D eigenvalue weighted by Crippen LogP contribution is -2.38. The molecule has 1 aliphatic heterocycles. The average Bonchev–Trinajstić information content (AvgIpc) is 2.54. The lowest BCUT2D eigenvalue weighted by Gasteiger charge is -2.24. The Balaban J connectivity index is 1.73. The summed E-state index contributed by atoms with van der Waals surface area (Å²) in [5.41, 5.74) is 4.39. The Labute approximate surface area is 141 Å². The van der Waals surface area contributed by atoms with Crippen molar-refractivity contribution < 1.29 is 14.3 Å². The van der Waals surface area contributed by atoms with Gasteiger partial charge in [0.25, 0.3) is 5.91 Å². The van der Waals surface area contributed by atoms with Gasteiger partial charge in [0, 0.05) is 12.1 Å². The Bertz CT molecular complexity index is 778. The maximum atomic E-state index is 12.4. The largest absolute Gasteiger partial charge is 0.448 e. The Morgan fingerprint density at radius 2 is 1.88 bits per heavy atom. The molecule has 0 aliphatic carbocycles. The van der Waals surface area contributed by atoms with Gasteiger partial charge in [-0.3, -0.25) is 4.79 Å². The zero-order valence-electron chi connectivity index (χ0n) is 14.1. The number of amides is 1. The van der Waals surface area contributed by atoms with Crippen molar-refractivity contribution in [3.63, 3.8) is 0 Å². The lowest BCUT2D eigenvalue weighted by atomic mass is 9.96. The summed E-state index contributed by atoms with van der Waals surface area (Å²) in [7, 11) is 0. The minimum Gasteiger partial charge on any atom is -0.448 e. The molecule has 1 N–H and O–H groups in total. The zero-order chi connectivity index (χ0) is 17.3. The van der Waals surface area contributed by atoms with Crippen molar-refractivity contribution >= 4 is 17.6 Å². The van der Waals surface area contributed by atoms with Crippen molar-refractivity contribution in [3.8, 4) is 0 Å². The molecular formula is C20H21NO3. The van der Waals surface area contributed by atoms with Gasteiger partial charge in [0.15, 0.2) is 6.10 Å². The van der Waals surface area contributed by atoms with Crippen LogP contribution in [-0.4, -0.2) is 18.0 Å². The molecule has 0 fully saturated rings. The van der Waals surface area contributed by atoms with E-state index in [9.17, 15) is 9.59 Å². The molecule has 1 unspecified atom stereocenters. The Morgan fingerprint density at radius 1 is 1.17 bits per heavy atom. The molecule has 3 rings (SSSR count). The van der Waals surface area contributed by atoms with Crippen LogP contribution in [0.5, 0.6) is 0 Å². The number of ether oxygens (including phenoxy) is 1. The molecule has 2 aromatic carbocycles. The molecule has 1 heterocycles.